The molecule has 0 saturated carbocycles. The number of benzene rings is 7. The lowest BCUT2D eigenvalue weighted by molar-refractivity contribution is 0.564. The lowest BCUT2D eigenvalue weighted by Crippen LogP contribution is -2.26. The highest BCUT2D eigenvalue weighted by Gasteiger charge is 2.56. The van der Waals surface area contributed by atoms with E-state index in [-0.39, 0.29) is 23.0 Å². The monoisotopic (exact) mass is 874 g/mol. The van der Waals surface area contributed by atoms with Gasteiger partial charge in [-0.15, -0.1) is 0 Å². The SMILES string of the molecule is C[C@H]1C=CC=C(C2=C3c4cccc5c(-c6ccc7c8c(-c9ccc(F)cc9)c(=C(C#N)C#N)c(-c9ccc(F)cc9)c-8c8cccc6c87)ccc(c45)C3(C)C(c3ccccc3)C2=C(C#N)C#N)C1. The number of fused-ring (bicyclic) bond motifs is 6. The molecule has 0 aliphatic heterocycles. The molecule has 0 amide bonds. The second kappa shape index (κ2) is 15.1. The number of hydrogen-bond acceptors (Lipinski definition) is 4. The summed E-state index contributed by atoms with van der Waals surface area (Å²) in [6.07, 6.45) is 7.24. The third-order valence-corrected chi connectivity index (χ3v) is 14.9. The highest BCUT2D eigenvalue weighted by molar-refractivity contribution is 6.32. The highest BCUT2D eigenvalue weighted by atomic mass is 19.1. The van der Waals surface area contributed by atoms with Crippen molar-refractivity contribution in [1.29, 1.82) is 21.0 Å². The summed E-state index contributed by atoms with van der Waals surface area (Å²) in [5.41, 5.74) is 13.1. The Kier molecular flexibility index (Phi) is 8.98. The smallest absolute Gasteiger partial charge is 0.138 e. The van der Waals surface area contributed by atoms with Crippen LogP contribution in [0.1, 0.15) is 42.9 Å². The first kappa shape index (κ1) is 40.6. The molecule has 5 aliphatic carbocycles. The van der Waals surface area contributed by atoms with Gasteiger partial charge in [-0.25, -0.2) is 8.78 Å². The number of hydrogen-bond donors (Lipinski definition) is 0. The normalized spacial score (nSPS) is 18.2. The van der Waals surface area contributed by atoms with Crippen molar-refractivity contribution >= 4 is 43.5 Å². The standard InChI is InChI=1S/C62H36F2N4/c1-34-9-6-12-38(29-34)54-55(40(32-67)33-68)60(37-10-4-3-5-11-37)62(2)50-28-27-44(46-14-8-16-49(57(46)50)61(54)62)43-25-26-48-56-45(43)13-7-15-47(56)58-51(35-17-21-41(63)22-18-35)53(39(30-65)31-66)52(59(48)58)36-19-23-42(64)24-20-36/h3-28,34,60H,29H2,1-2H3/t34-,60?,62?/m0/s1. The molecule has 68 heavy (non-hydrogen) atoms. The van der Waals surface area contributed by atoms with Gasteiger partial charge >= 0.3 is 0 Å². The molecule has 318 valence electrons. The summed E-state index contributed by atoms with van der Waals surface area (Å²) >= 11 is 0. The first-order valence-corrected chi connectivity index (χ1v) is 22.6. The average Bonchev–Trinajstić information content (AvgIpc) is 4.04. The molecular formula is C62H36F2N4. The van der Waals surface area contributed by atoms with Gasteiger partial charge in [0.15, 0.2) is 0 Å². The molecule has 5 aliphatic rings. The second-order valence-electron chi connectivity index (χ2n) is 18.3. The largest absolute Gasteiger partial charge is 0.207 e. The van der Waals surface area contributed by atoms with E-state index in [4.69, 9.17) is 0 Å². The van der Waals surface area contributed by atoms with Gasteiger partial charge in [-0.2, -0.15) is 21.0 Å². The van der Waals surface area contributed by atoms with E-state index in [1.54, 1.807) is 24.3 Å². The number of nitrogens with zero attached hydrogens (tertiary/aromatic N) is 4. The van der Waals surface area contributed by atoms with Gasteiger partial charge in [0.05, 0.1) is 0 Å². The Morgan fingerprint density at radius 1 is 0.559 bits per heavy atom. The Balaban J connectivity index is 1.17. The fourth-order valence-corrected chi connectivity index (χ4v) is 12.3. The predicted molar refractivity (Wildman–Crippen MR) is 266 cm³/mol. The van der Waals surface area contributed by atoms with Gasteiger partial charge in [0.2, 0.25) is 0 Å². The van der Waals surface area contributed by atoms with E-state index in [2.05, 4.69) is 123 Å². The Labute approximate surface area is 391 Å². The van der Waals surface area contributed by atoms with Gasteiger partial charge in [0.25, 0.3) is 0 Å². The fourth-order valence-electron chi connectivity index (χ4n) is 12.3. The van der Waals surface area contributed by atoms with Crippen molar-refractivity contribution in [2.45, 2.75) is 31.6 Å². The molecule has 0 spiro atoms. The van der Waals surface area contributed by atoms with Gasteiger partial charge in [0.1, 0.15) is 47.1 Å². The Hall–Kier alpha value is -8.94. The molecule has 3 atom stereocenters. The summed E-state index contributed by atoms with van der Waals surface area (Å²) in [6.45, 7) is 4.49. The van der Waals surface area contributed by atoms with E-state index in [1.807, 2.05) is 24.3 Å². The van der Waals surface area contributed by atoms with Crippen LogP contribution in [0.5, 0.6) is 0 Å². The summed E-state index contributed by atoms with van der Waals surface area (Å²) < 4.78 is 29.1. The first-order valence-electron chi connectivity index (χ1n) is 22.6. The van der Waals surface area contributed by atoms with E-state index in [1.165, 1.54) is 24.3 Å². The van der Waals surface area contributed by atoms with E-state index in [9.17, 15) is 29.8 Å². The van der Waals surface area contributed by atoms with Crippen LogP contribution in [0.3, 0.4) is 0 Å². The van der Waals surface area contributed by atoms with Crippen LogP contribution in [0.4, 0.5) is 8.78 Å². The maximum absolute atomic E-state index is 14.5. The number of nitriles is 4. The van der Waals surface area contributed by atoms with Gasteiger partial charge in [-0.05, 0) is 141 Å². The summed E-state index contributed by atoms with van der Waals surface area (Å²) in [6, 6.07) is 53.0. The number of rotatable bonds is 5. The molecule has 0 N–H and O–H groups in total. The van der Waals surface area contributed by atoms with Crippen LogP contribution in [0.15, 0.2) is 180 Å². The second-order valence-corrected chi connectivity index (χ2v) is 18.3. The van der Waals surface area contributed by atoms with Crippen molar-refractivity contribution in [3.8, 4) is 68.8 Å². The molecule has 12 rings (SSSR count). The maximum atomic E-state index is 14.5. The summed E-state index contributed by atoms with van der Waals surface area (Å²) in [4.78, 5) is 0. The average molecular weight is 875 g/mol. The topological polar surface area (TPSA) is 95.2 Å². The molecular weight excluding hydrogens is 839 g/mol. The van der Waals surface area contributed by atoms with Gasteiger partial charge in [-0.1, -0.05) is 147 Å². The minimum atomic E-state index is -0.625. The third kappa shape index (κ3) is 5.47. The minimum Gasteiger partial charge on any atom is -0.207 e. The molecule has 7 aromatic rings. The third-order valence-electron chi connectivity index (χ3n) is 14.9. The molecule has 0 aromatic heterocycles. The van der Waals surface area contributed by atoms with E-state index in [0.717, 1.165) is 100.0 Å². The lowest BCUT2D eigenvalue weighted by atomic mass is 9.68. The molecule has 0 heterocycles. The zero-order chi connectivity index (χ0) is 46.6. The van der Waals surface area contributed by atoms with Crippen molar-refractivity contribution in [3.05, 3.63) is 214 Å². The van der Waals surface area contributed by atoms with Crippen LogP contribution >= 0.6 is 0 Å². The molecule has 0 radical (unpaired) electrons. The molecule has 2 unspecified atom stereocenters. The molecule has 0 fully saturated rings. The van der Waals surface area contributed by atoms with E-state index >= 15 is 0 Å². The Bertz CT molecular complexity index is 3900. The fraction of sp³-hybridized carbons (Fsp3) is 0.0968. The predicted octanol–water partition coefficient (Wildman–Crippen LogP) is 14.6. The minimum absolute atomic E-state index is 0.0904. The maximum Gasteiger partial charge on any atom is 0.138 e. The number of allylic oxidation sites excluding steroid dienone is 8. The van der Waals surface area contributed by atoms with Crippen molar-refractivity contribution < 1.29 is 8.78 Å². The first-order chi connectivity index (χ1) is 33.2. The van der Waals surface area contributed by atoms with Crippen molar-refractivity contribution in [2.75, 3.05) is 0 Å². The van der Waals surface area contributed by atoms with Gasteiger partial charge in [-0.3, -0.25) is 0 Å². The van der Waals surface area contributed by atoms with Crippen LogP contribution in [-0.2, 0) is 5.41 Å². The van der Waals surface area contributed by atoms with Crippen LogP contribution < -0.4 is 5.22 Å². The van der Waals surface area contributed by atoms with Crippen molar-refractivity contribution in [1.82, 2.24) is 0 Å². The molecule has 0 bridgehead atoms. The summed E-state index contributed by atoms with van der Waals surface area (Å²) in [5.74, 6) is -0.851. The summed E-state index contributed by atoms with van der Waals surface area (Å²) in [7, 11) is 0. The van der Waals surface area contributed by atoms with Crippen LogP contribution in [0, 0.1) is 62.9 Å². The quantitative estimate of drug-likeness (QED) is 0.161. The van der Waals surface area contributed by atoms with Gasteiger partial charge < -0.3 is 0 Å². The van der Waals surface area contributed by atoms with Crippen LogP contribution in [-0.4, -0.2) is 0 Å². The van der Waals surface area contributed by atoms with Crippen molar-refractivity contribution in [2.24, 2.45) is 5.92 Å². The van der Waals surface area contributed by atoms with Crippen molar-refractivity contribution in [3.63, 3.8) is 0 Å². The molecule has 4 nitrogen and oxygen atoms in total. The number of halogens is 2. The van der Waals surface area contributed by atoms with Gasteiger partial charge in [0, 0.05) is 27.7 Å². The van der Waals surface area contributed by atoms with E-state index in [0.29, 0.717) is 27.5 Å². The van der Waals surface area contributed by atoms with E-state index < -0.39 is 17.0 Å². The van der Waals surface area contributed by atoms with Crippen LogP contribution in [0.2, 0.25) is 0 Å². The Morgan fingerprint density at radius 3 is 1.72 bits per heavy atom. The molecule has 7 aromatic carbocycles. The Morgan fingerprint density at radius 2 is 1.12 bits per heavy atom. The molecule has 6 heteroatoms. The van der Waals surface area contributed by atoms with Crippen LogP contribution in [0.25, 0.3) is 88.0 Å². The summed E-state index contributed by atoms with van der Waals surface area (Å²) in [5, 5.41) is 48.7. The zero-order valence-corrected chi connectivity index (χ0v) is 36.9. The molecule has 0 saturated heterocycles. The zero-order valence-electron chi connectivity index (χ0n) is 36.9. The lowest BCUT2D eigenvalue weighted by Gasteiger charge is -2.33. The highest BCUT2D eigenvalue weighted by Crippen LogP contribution is 2.68.